The molecule has 0 spiro atoms. The second-order valence-electron chi connectivity index (χ2n) is 2.73. The van der Waals surface area contributed by atoms with Crippen molar-refractivity contribution < 1.29 is 4.74 Å². The van der Waals surface area contributed by atoms with Crippen LogP contribution in [0.4, 0.5) is 0 Å². The van der Waals surface area contributed by atoms with Crippen LogP contribution in [0.1, 0.15) is 19.4 Å². The molecule has 1 rings (SSSR count). The number of ether oxygens (including phenoxy) is 1. The zero-order valence-electron chi connectivity index (χ0n) is 9.25. The van der Waals surface area contributed by atoms with Crippen LogP contribution >= 0.6 is 31.9 Å². The Labute approximate surface area is 109 Å². The molecule has 15 heavy (non-hydrogen) atoms. The van der Waals surface area contributed by atoms with Gasteiger partial charge < -0.3 is 4.74 Å². The summed E-state index contributed by atoms with van der Waals surface area (Å²) in [5.41, 5.74) is 1.22. The van der Waals surface area contributed by atoms with Crippen LogP contribution in [0.25, 0.3) is 0 Å². The molecule has 0 aliphatic carbocycles. The third-order valence-electron chi connectivity index (χ3n) is 1.67. The number of hydrogen-bond donors (Lipinski definition) is 0. The minimum atomic E-state index is 0.250. The van der Waals surface area contributed by atoms with Crippen LogP contribution < -0.4 is 0 Å². The van der Waals surface area contributed by atoms with Gasteiger partial charge in [0.25, 0.3) is 0 Å². The van der Waals surface area contributed by atoms with Gasteiger partial charge in [0.15, 0.2) is 0 Å². The topological polar surface area (TPSA) is 9.23 Å². The third kappa shape index (κ3) is 7.09. The van der Waals surface area contributed by atoms with E-state index < -0.39 is 0 Å². The van der Waals surface area contributed by atoms with E-state index >= 15 is 0 Å². The normalized spacial score (nSPS) is 9.67. The lowest BCUT2D eigenvalue weighted by Crippen LogP contribution is -2.15. The summed E-state index contributed by atoms with van der Waals surface area (Å²) in [7, 11) is 0. The van der Waals surface area contributed by atoms with Crippen molar-refractivity contribution in [3.63, 3.8) is 0 Å². The van der Waals surface area contributed by atoms with Crippen molar-refractivity contribution in [3.8, 4) is 0 Å². The van der Waals surface area contributed by atoms with Crippen molar-refractivity contribution in [1.82, 2.24) is 0 Å². The zero-order chi connectivity index (χ0) is 11.5. The summed E-state index contributed by atoms with van der Waals surface area (Å²) in [4.78, 5) is 0. The molecular weight excluding hydrogens is 320 g/mol. The van der Waals surface area contributed by atoms with Crippen molar-refractivity contribution in [2.75, 3.05) is 10.7 Å². The smallest absolute Gasteiger partial charge is 0.0773 e. The maximum atomic E-state index is 5.63. The summed E-state index contributed by atoms with van der Waals surface area (Å²) in [6, 6.07) is 10.2. The first kappa shape index (κ1) is 15.1. The van der Waals surface area contributed by atoms with Gasteiger partial charge in [-0.25, -0.2) is 0 Å². The highest BCUT2D eigenvalue weighted by atomic mass is 79.9. The average molecular weight is 338 g/mol. The fraction of sp³-hybridized carbons (Fsp3) is 0.500. The summed E-state index contributed by atoms with van der Waals surface area (Å²) >= 11 is 6.79. The monoisotopic (exact) mass is 336 g/mol. The molecule has 0 saturated heterocycles. The molecule has 0 bridgehead atoms. The summed E-state index contributed by atoms with van der Waals surface area (Å²) < 4.78 is 5.63. The van der Waals surface area contributed by atoms with Crippen LogP contribution in [-0.2, 0) is 11.3 Å². The molecule has 0 fully saturated rings. The average Bonchev–Trinajstić information content (AvgIpc) is 2.34. The van der Waals surface area contributed by atoms with E-state index in [-0.39, 0.29) is 6.10 Å². The zero-order valence-corrected chi connectivity index (χ0v) is 12.4. The largest absolute Gasteiger partial charge is 0.372 e. The van der Waals surface area contributed by atoms with E-state index in [1.165, 1.54) is 5.56 Å². The Morgan fingerprint density at radius 2 is 1.60 bits per heavy atom. The van der Waals surface area contributed by atoms with Gasteiger partial charge in [-0.05, 0) is 5.56 Å². The molecular formula is C12H18Br2O. The second kappa shape index (κ2) is 10.7. The van der Waals surface area contributed by atoms with E-state index in [0.29, 0.717) is 6.61 Å². The number of alkyl halides is 2. The van der Waals surface area contributed by atoms with Crippen molar-refractivity contribution in [2.45, 2.75) is 26.6 Å². The molecule has 0 aliphatic rings. The van der Waals surface area contributed by atoms with Crippen molar-refractivity contribution in [3.05, 3.63) is 35.9 Å². The summed E-state index contributed by atoms with van der Waals surface area (Å²) in [6.07, 6.45) is 0.250. The molecule has 1 nitrogen and oxygen atoms in total. The minimum absolute atomic E-state index is 0.250. The van der Waals surface area contributed by atoms with E-state index in [1.54, 1.807) is 0 Å². The molecule has 0 amide bonds. The fourth-order valence-corrected chi connectivity index (χ4v) is 2.36. The van der Waals surface area contributed by atoms with E-state index in [4.69, 9.17) is 4.74 Å². The minimum Gasteiger partial charge on any atom is -0.372 e. The number of hydrogen-bond acceptors (Lipinski definition) is 1. The van der Waals surface area contributed by atoms with Crippen molar-refractivity contribution in [2.24, 2.45) is 0 Å². The van der Waals surface area contributed by atoms with E-state index in [0.717, 1.165) is 10.7 Å². The van der Waals surface area contributed by atoms with Crippen molar-refractivity contribution >= 4 is 31.9 Å². The molecule has 0 radical (unpaired) electrons. The quantitative estimate of drug-likeness (QED) is 0.724. The lowest BCUT2D eigenvalue weighted by atomic mass is 10.2. The number of halogens is 2. The van der Waals surface area contributed by atoms with Gasteiger partial charge in [-0.15, -0.1) is 0 Å². The van der Waals surface area contributed by atoms with Gasteiger partial charge >= 0.3 is 0 Å². The van der Waals surface area contributed by atoms with Crippen LogP contribution in [0.3, 0.4) is 0 Å². The number of benzene rings is 1. The highest BCUT2D eigenvalue weighted by molar-refractivity contribution is 9.09. The van der Waals surface area contributed by atoms with Crippen LogP contribution in [0.15, 0.2) is 30.3 Å². The maximum absolute atomic E-state index is 5.63. The van der Waals surface area contributed by atoms with E-state index in [1.807, 2.05) is 32.0 Å². The molecule has 0 saturated carbocycles. The van der Waals surface area contributed by atoms with Crippen molar-refractivity contribution in [1.29, 1.82) is 0 Å². The summed E-state index contributed by atoms with van der Waals surface area (Å²) in [5.74, 6) is 0. The van der Waals surface area contributed by atoms with Gasteiger partial charge in [0.05, 0.1) is 12.7 Å². The second-order valence-corrected chi connectivity index (χ2v) is 4.02. The van der Waals surface area contributed by atoms with E-state index in [9.17, 15) is 0 Å². The molecule has 0 unspecified atom stereocenters. The van der Waals surface area contributed by atoms with Gasteiger partial charge in [-0.3, -0.25) is 0 Å². The summed E-state index contributed by atoms with van der Waals surface area (Å²) in [5, 5.41) is 1.73. The molecule has 0 N–H and O–H groups in total. The van der Waals surface area contributed by atoms with Gasteiger partial charge in [0.1, 0.15) is 0 Å². The Hall–Kier alpha value is 0.140. The molecule has 0 heterocycles. The molecule has 0 aromatic heterocycles. The lowest BCUT2D eigenvalue weighted by molar-refractivity contribution is 0.0734. The Morgan fingerprint density at radius 3 is 2.07 bits per heavy atom. The fourth-order valence-electron chi connectivity index (χ4n) is 0.919. The molecule has 0 aliphatic heterocycles. The molecule has 1 aromatic rings. The van der Waals surface area contributed by atoms with Crippen LogP contribution in [0.2, 0.25) is 0 Å². The van der Waals surface area contributed by atoms with E-state index in [2.05, 4.69) is 44.0 Å². The molecule has 3 heteroatoms. The number of rotatable bonds is 5. The Bertz CT molecular complexity index is 222. The molecule has 1 aromatic carbocycles. The highest BCUT2D eigenvalue weighted by Gasteiger charge is 2.04. The standard InChI is InChI=1S/C10H12Br2O.C2H6/c11-6-10(7-12)13-8-9-4-2-1-3-5-9;1-2/h1-5,10H,6-8H2;1-2H3. The Morgan fingerprint density at radius 1 is 1.07 bits per heavy atom. The molecule has 0 atom stereocenters. The van der Waals surface area contributed by atoms with Crippen LogP contribution in [0, 0.1) is 0 Å². The van der Waals surface area contributed by atoms with Crippen LogP contribution in [0.5, 0.6) is 0 Å². The maximum Gasteiger partial charge on any atom is 0.0773 e. The Kier molecular flexibility index (Phi) is 10.8. The predicted octanol–water partition coefficient (Wildman–Crippen LogP) is 4.39. The van der Waals surface area contributed by atoms with Crippen LogP contribution in [-0.4, -0.2) is 16.8 Å². The van der Waals surface area contributed by atoms with Gasteiger partial charge in [-0.1, -0.05) is 76.0 Å². The SMILES string of the molecule is BrCC(CBr)OCc1ccccc1.CC. The highest BCUT2D eigenvalue weighted by Crippen LogP contribution is 2.07. The summed E-state index contributed by atoms with van der Waals surface area (Å²) in [6.45, 7) is 4.68. The first-order valence-corrected chi connectivity index (χ1v) is 7.38. The predicted molar refractivity (Wildman–Crippen MR) is 74.0 cm³/mol. The van der Waals surface area contributed by atoms with Gasteiger partial charge in [0, 0.05) is 10.7 Å². The van der Waals surface area contributed by atoms with Gasteiger partial charge in [-0.2, -0.15) is 0 Å². The van der Waals surface area contributed by atoms with Gasteiger partial charge in [0.2, 0.25) is 0 Å². The third-order valence-corrected chi connectivity index (χ3v) is 3.12. The lowest BCUT2D eigenvalue weighted by Gasteiger charge is -2.11. The molecule has 86 valence electrons. The first-order valence-electron chi connectivity index (χ1n) is 5.14. The first-order chi connectivity index (χ1) is 7.36. The Balaban J connectivity index is 0.000000921.